The Balaban J connectivity index is 0.000000249. The van der Waals surface area contributed by atoms with Gasteiger partial charge in [-0.05, 0) is 54.6 Å². The molecule has 7 rings (SSSR count). The molecule has 0 N–H and O–H groups in total. The van der Waals surface area contributed by atoms with E-state index in [1.165, 1.54) is 12.4 Å². The molecule has 0 aliphatic heterocycles. The summed E-state index contributed by atoms with van der Waals surface area (Å²) in [6.45, 7) is 1.17. The molecule has 0 spiro atoms. The number of furan rings is 1. The summed E-state index contributed by atoms with van der Waals surface area (Å²) < 4.78 is 68.8. The molecule has 1 radical (unpaired) electrons. The second kappa shape index (κ2) is 12.6. The summed E-state index contributed by atoms with van der Waals surface area (Å²) in [6, 6.07) is 29.5. The van der Waals surface area contributed by atoms with E-state index in [1.54, 1.807) is 54.7 Å². The monoisotopic (exact) mass is 748 g/mol. The van der Waals surface area contributed by atoms with E-state index in [4.69, 9.17) is 15.4 Å². The maximum Gasteiger partial charge on any atom is 0.128 e. The van der Waals surface area contributed by atoms with Crippen LogP contribution in [0.15, 0.2) is 102 Å². The van der Waals surface area contributed by atoms with Crippen molar-refractivity contribution >= 4 is 32.7 Å². The smallest absolute Gasteiger partial charge is 0.128 e. The molecule has 217 valence electrons. The number of rotatable bonds is 3. The Bertz CT molecular complexity index is 2310. The number of pyridine rings is 3. The van der Waals surface area contributed by atoms with Crippen LogP contribution in [0.4, 0.5) is 0 Å². The summed E-state index contributed by atoms with van der Waals surface area (Å²) in [5, 5.41) is 2.90. The van der Waals surface area contributed by atoms with Gasteiger partial charge in [-0.2, -0.15) is 0 Å². The molecular formula is C38H33IrN3O-2. The minimum absolute atomic E-state index is 0. The second-order valence-electron chi connectivity index (χ2n) is 10.9. The van der Waals surface area contributed by atoms with E-state index in [1.807, 2.05) is 51.1 Å². The molecule has 0 aliphatic rings. The van der Waals surface area contributed by atoms with Crippen LogP contribution in [0.3, 0.4) is 0 Å². The zero-order valence-electron chi connectivity index (χ0n) is 31.8. The maximum absolute atomic E-state index is 8.64. The van der Waals surface area contributed by atoms with E-state index >= 15 is 0 Å². The van der Waals surface area contributed by atoms with Gasteiger partial charge >= 0.3 is 0 Å². The molecule has 0 atom stereocenters. The van der Waals surface area contributed by atoms with Gasteiger partial charge in [0.1, 0.15) is 5.58 Å². The van der Waals surface area contributed by atoms with E-state index in [9.17, 15) is 0 Å². The van der Waals surface area contributed by atoms with E-state index in [-0.39, 0.29) is 31.4 Å². The average molecular weight is 748 g/mol. The van der Waals surface area contributed by atoms with Crippen molar-refractivity contribution in [3.63, 3.8) is 0 Å². The molecule has 0 aliphatic carbocycles. The molecule has 43 heavy (non-hydrogen) atoms. The second-order valence-corrected chi connectivity index (χ2v) is 10.9. The molecule has 3 aromatic carbocycles. The molecule has 0 saturated heterocycles. The maximum atomic E-state index is 8.64. The van der Waals surface area contributed by atoms with Crippen molar-refractivity contribution in [1.82, 2.24) is 15.0 Å². The minimum Gasteiger partial charge on any atom is -0.500 e. The molecule has 0 fully saturated rings. The SMILES string of the molecule is [2H]C([2H])([2H])c1ccc(-c2[c-]cccc2)nc1.[2H]C([2H])([2H])c1nccc2c1ccc1c3cc[c-]c(-c4cc(C([2H])([2H])C(C)(C)C)ccn4)c3oc21.[Ir]. The summed E-state index contributed by atoms with van der Waals surface area (Å²) in [7, 11) is 0. The molecule has 4 heterocycles. The predicted molar refractivity (Wildman–Crippen MR) is 172 cm³/mol. The van der Waals surface area contributed by atoms with Gasteiger partial charge < -0.3 is 14.4 Å². The molecule has 0 unspecified atom stereocenters. The fourth-order valence-electron chi connectivity index (χ4n) is 4.83. The van der Waals surface area contributed by atoms with Crippen LogP contribution < -0.4 is 0 Å². The zero-order valence-corrected chi connectivity index (χ0v) is 26.2. The van der Waals surface area contributed by atoms with Crippen LogP contribution in [0.25, 0.3) is 55.2 Å². The fraction of sp³-hybridized carbons (Fsp3) is 0.184. The van der Waals surface area contributed by atoms with Gasteiger partial charge in [0.2, 0.25) is 0 Å². The van der Waals surface area contributed by atoms with Crippen molar-refractivity contribution in [2.45, 2.75) is 40.8 Å². The Labute approximate surface area is 277 Å². The summed E-state index contributed by atoms with van der Waals surface area (Å²) in [5.74, 6) is 0. The molecule has 0 saturated carbocycles. The normalized spacial score (nSPS) is 15.0. The van der Waals surface area contributed by atoms with E-state index < -0.39 is 25.5 Å². The van der Waals surface area contributed by atoms with Gasteiger partial charge in [0, 0.05) is 71.5 Å². The third-order valence-electron chi connectivity index (χ3n) is 6.62. The molecule has 0 bridgehead atoms. The molecule has 4 aromatic heterocycles. The summed E-state index contributed by atoms with van der Waals surface area (Å²) in [4.78, 5) is 12.7. The zero-order chi connectivity index (χ0) is 36.1. The van der Waals surface area contributed by atoms with E-state index in [0.717, 1.165) is 22.0 Å². The average Bonchev–Trinajstić information content (AvgIpc) is 3.47. The molecule has 5 heteroatoms. The summed E-state index contributed by atoms with van der Waals surface area (Å²) in [6.07, 6.45) is 2.92. The van der Waals surface area contributed by atoms with Gasteiger partial charge in [-0.1, -0.05) is 67.6 Å². The van der Waals surface area contributed by atoms with Crippen LogP contribution in [0, 0.1) is 31.3 Å². The standard InChI is InChI=1S/C26H23N2O.C12H10N.Ir/c1-16-18-8-9-20-19-6-5-7-22(25(19)29-24(20)21(18)11-13-27-16)23-14-17(10-12-28-23)15-26(2,3)4;1-10-7-8-12(13-9-10)11-5-3-2-4-6-11;/h5-6,8-14H,15H2,1-4H3;2-5,7-9H,1H3;/q2*-1;/i1D3,15D2;1D3;. The Kier molecular flexibility index (Phi) is 6.29. The Morgan fingerprint density at radius 1 is 0.767 bits per heavy atom. The minimum atomic E-state index is -2.34. The van der Waals surface area contributed by atoms with Gasteiger partial charge in [0.25, 0.3) is 0 Å². The molecule has 7 aromatic rings. The third kappa shape index (κ3) is 6.59. The van der Waals surface area contributed by atoms with Crippen molar-refractivity contribution in [2.75, 3.05) is 0 Å². The molecular weight excluding hydrogens is 707 g/mol. The van der Waals surface area contributed by atoms with Gasteiger partial charge in [0.05, 0.1) is 5.58 Å². The van der Waals surface area contributed by atoms with Crippen molar-refractivity contribution in [3.8, 4) is 22.5 Å². The van der Waals surface area contributed by atoms with E-state index in [0.29, 0.717) is 38.8 Å². The number of aryl methyl sites for hydroxylation is 2. The predicted octanol–water partition coefficient (Wildman–Crippen LogP) is 9.75. The van der Waals surface area contributed by atoms with Crippen LogP contribution in [0.1, 0.15) is 48.6 Å². The van der Waals surface area contributed by atoms with Crippen molar-refractivity contribution in [2.24, 2.45) is 5.41 Å². The van der Waals surface area contributed by atoms with Crippen LogP contribution in [0.2, 0.25) is 0 Å². The van der Waals surface area contributed by atoms with Crippen LogP contribution >= 0.6 is 0 Å². The Hall–Kier alpha value is -4.18. The number of nitrogens with zero attached hydrogens (tertiary/aromatic N) is 3. The van der Waals surface area contributed by atoms with Gasteiger partial charge in [-0.25, -0.2) is 0 Å². The number of aromatic nitrogens is 3. The van der Waals surface area contributed by atoms with Gasteiger partial charge in [-0.3, -0.25) is 4.98 Å². The van der Waals surface area contributed by atoms with Crippen LogP contribution in [-0.4, -0.2) is 15.0 Å². The quantitative estimate of drug-likeness (QED) is 0.169. The number of hydrogen-bond acceptors (Lipinski definition) is 4. The van der Waals surface area contributed by atoms with Gasteiger partial charge in [-0.15, -0.1) is 54.1 Å². The fourth-order valence-corrected chi connectivity index (χ4v) is 4.83. The van der Waals surface area contributed by atoms with Crippen molar-refractivity contribution in [1.29, 1.82) is 0 Å². The largest absolute Gasteiger partial charge is 0.500 e. The summed E-state index contributed by atoms with van der Waals surface area (Å²) in [5.41, 5.74) is 4.14. The first-order valence-corrected chi connectivity index (χ1v) is 13.5. The number of benzene rings is 3. The summed E-state index contributed by atoms with van der Waals surface area (Å²) >= 11 is 0. The first-order chi connectivity index (χ1) is 23.5. The molecule has 4 nitrogen and oxygen atoms in total. The Morgan fingerprint density at radius 2 is 1.58 bits per heavy atom. The third-order valence-corrected chi connectivity index (χ3v) is 6.62. The van der Waals surface area contributed by atoms with Crippen LogP contribution in [-0.2, 0) is 26.5 Å². The van der Waals surface area contributed by atoms with Crippen molar-refractivity contribution < 1.29 is 35.5 Å². The molecule has 0 amide bonds. The topological polar surface area (TPSA) is 51.8 Å². The number of fused-ring (bicyclic) bond motifs is 5. The Morgan fingerprint density at radius 3 is 2.33 bits per heavy atom. The van der Waals surface area contributed by atoms with Crippen LogP contribution in [0.5, 0.6) is 0 Å². The first-order valence-electron chi connectivity index (χ1n) is 17.5. The van der Waals surface area contributed by atoms with Crippen molar-refractivity contribution in [3.05, 3.63) is 126 Å². The first kappa shape index (κ1) is 21.5. The van der Waals surface area contributed by atoms with E-state index in [2.05, 4.69) is 27.1 Å². The van der Waals surface area contributed by atoms with Gasteiger partial charge in [0.15, 0.2) is 0 Å². The number of hydrogen-bond donors (Lipinski definition) is 0.